The van der Waals surface area contributed by atoms with Gasteiger partial charge in [-0.3, -0.25) is 4.79 Å². The first-order chi connectivity index (χ1) is 13.2. The molecule has 3 amide bonds. The molecular weight excluding hydrogens is 371 g/mol. The van der Waals surface area contributed by atoms with Crippen molar-refractivity contribution in [2.24, 2.45) is 0 Å². The SMILES string of the molecule is C[C@H](NC(=O)Nc1ccc(C(=O)NC2CC2)cc1)c1ccc(C(F)(F)F)cc1. The van der Waals surface area contributed by atoms with Crippen LogP contribution in [0.15, 0.2) is 48.5 Å². The maximum atomic E-state index is 12.6. The van der Waals surface area contributed by atoms with Gasteiger partial charge in [-0.25, -0.2) is 4.79 Å². The van der Waals surface area contributed by atoms with Crippen LogP contribution >= 0.6 is 0 Å². The largest absolute Gasteiger partial charge is 0.416 e. The van der Waals surface area contributed by atoms with Crippen LogP contribution in [-0.2, 0) is 6.18 Å². The van der Waals surface area contributed by atoms with Gasteiger partial charge in [0.05, 0.1) is 11.6 Å². The molecule has 1 fully saturated rings. The summed E-state index contributed by atoms with van der Waals surface area (Å²) in [5, 5.41) is 8.18. The van der Waals surface area contributed by atoms with Crippen LogP contribution in [0.5, 0.6) is 0 Å². The molecule has 2 aromatic rings. The Morgan fingerprint density at radius 2 is 1.61 bits per heavy atom. The fourth-order valence-electron chi connectivity index (χ4n) is 2.61. The molecule has 1 atom stereocenters. The van der Waals surface area contributed by atoms with Gasteiger partial charge < -0.3 is 16.0 Å². The summed E-state index contributed by atoms with van der Waals surface area (Å²) < 4.78 is 37.8. The van der Waals surface area contributed by atoms with E-state index in [0.29, 0.717) is 16.8 Å². The number of carbonyl (C=O) groups is 2. The maximum absolute atomic E-state index is 12.6. The predicted octanol–water partition coefficient (Wildman–Crippen LogP) is 4.48. The third-order valence-corrected chi connectivity index (χ3v) is 4.40. The third kappa shape index (κ3) is 5.25. The summed E-state index contributed by atoms with van der Waals surface area (Å²) in [5.41, 5.74) is 0.824. The molecular formula is C20H20F3N3O2. The second kappa shape index (κ2) is 7.92. The molecule has 0 bridgehead atoms. The Morgan fingerprint density at radius 3 is 2.14 bits per heavy atom. The van der Waals surface area contributed by atoms with Crippen molar-refractivity contribution in [3.8, 4) is 0 Å². The van der Waals surface area contributed by atoms with Crippen LogP contribution < -0.4 is 16.0 Å². The molecule has 5 nitrogen and oxygen atoms in total. The van der Waals surface area contributed by atoms with Gasteiger partial charge in [0.2, 0.25) is 0 Å². The Kier molecular flexibility index (Phi) is 5.58. The second-order valence-corrected chi connectivity index (χ2v) is 6.77. The van der Waals surface area contributed by atoms with E-state index < -0.39 is 23.8 Å². The van der Waals surface area contributed by atoms with Gasteiger partial charge in [0.1, 0.15) is 0 Å². The standard InChI is InChI=1S/C20H20F3N3O2/c1-12(13-2-6-15(7-3-13)20(21,22)23)24-19(28)26-17-8-4-14(5-9-17)18(27)25-16-10-11-16/h2-9,12,16H,10-11H2,1H3,(H,25,27)(H2,24,26,28)/t12-/m0/s1. The van der Waals surface area contributed by atoms with Crippen molar-refractivity contribution in [3.05, 3.63) is 65.2 Å². The Hall–Kier alpha value is -3.03. The molecule has 0 saturated heterocycles. The van der Waals surface area contributed by atoms with E-state index in [2.05, 4.69) is 16.0 Å². The lowest BCUT2D eigenvalue weighted by atomic mass is 10.1. The molecule has 1 saturated carbocycles. The number of anilines is 1. The molecule has 0 heterocycles. The summed E-state index contributed by atoms with van der Waals surface area (Å²) in [7, 11) is 0. The quantitative estimate of drug-likeness (QED) is 0.703. The van der Waals surface area contributed by atoms with Crippen LogP contribution in [0.25, 0.3) is 0 Å². The molecule has 3 rings (SSSR count). The summed E-state index contributed by atoms with van der Waals surface area (Å²) >= 11 is 0. The van der Waals surface area contributed by atoms with Gasteiger partial charge >= 0.3 is 12.2 Å². The van der Waals surface area contributed by atoms with Gasteiger partial charge in [-0.15, -0.1) is 0 Å². The molecule has 0 spiro atoms. The number of carbonyl (C=O) groups excluding carboxylic acids is 2. The number of rotatable bonds is 5. The van der Waals surface area contributed by atoms with Crippen molar-refractivity contribution in [2.45, 2.75) is 38.0 Å². The van der Waals surface area contributed by atoms with E-state index in [9.17, 15) is 22.8 Å². The average molecular weight is 391 g/mol. The summed E-state index contributed by atoms with van der Waals surface area (Å²) in [5.74, 6) is -0.144. The number of benzene rings is 2. The molecule has 1 aliphatic carbocycles. The Bertz CT molecular complexity index is 844. The van der Waals surface area contributed by atoms with E-state index in [4.69, 9.17) is 0 Å². The molecule has 148 valence electrons. The highest BCUT2D eigenvalue weighted by atomic mass is 19.4. The van der Waals surface area contributed by atoms with Gasteiger partial charge in [-0.05, 0) is 61.7 Å². The van der Waals surface area contributed by atoms with Crippen molar-refractivity contribution in [3.63, 3.8) is 0 Å². The van der Waals surface area contributed by atoms with Crippen LogP contribution in [0.3, 0.4) is 0 Å². The highest BCUT2D eigenvalue weighted by Gasteiger charge is 2.30. The first kappa shape index (κ1) is 19.7. The van der Waals surface area contributed by atoms with Gasteiger partial charge in [0.15, 0.2) is 0 Å². The molecule has 0 aromatic heterocycles. The Labute approximate surface area is 160 Å². The zero-order valence-electron chi connectivity index (χ0n) is 15.1. The first-order valence-electron chi connectivity index (χ1n) is 8.88. The van der Waals surface area contributed by atoms with E-state index in [0.717, 1.165) is 25.0 Å². The maximum Gasteiger partial charge on any atom is 0.416 e. The zero-order valence-corrected chi connectivity index (χ0v) is 15.1. The van der Waals surface area contributed by atoms with Crippen LogP contribution in [0.2, 0.25) is 0 Å². The number of halogens is 3. The Balaban J connectivity index is 1.53. The fraction of sp³-hybridized carbons (Fsp3) is 0.300. The minimum atomic E-state index is -4.39. The molecule has 0 unspecified atom stereocenters. The number of amides is 3. The molecule has 0 aliphatic heterocycles. The molecule has 2 aromatic carbocycles. The lowest BCUT2D eigenvalue weighted by Crippen LogP contribution is -2.31. The monoisotopic (exact) mass is 391 g/mol. The number of hydrogen-bond donors (Lipinski definition) is 3. The van der Waals surface area contributed by atoms with Gasteiger partial charge in [-0.2, -0.15) is 13.2 Å². The summed E-state index contributed by atoms with van der Waals surface area (Å²) in [6.07, 6.45) is -2.39. The van der Waals surface area contributed by atoms with Crippen LogP contribution in [-0.4, -0.2) is 18.0 Å². The first-order valence-corrected chi connectivity index (χ1v) is 8.88. The summed E-state index contributed by atoms with van der Waals surface area (Å²) in [4.78, 5) is 24.0. The van der Waals surface area contributed by atoms with Gasteiger partial charge in [0.25, 0.3) is 5.91 Å². The van der Waals surface area contributed by atoms with E-state index in [1.54, 1.807) is 31.2 Å². The zero-order chi connectivity index (χ0) is 20.3. The predicted molar refractivity (Wildman–Crippen MR) is 98.9 cm³/mol. The lowest BCUT2D eigenvalue weighted by Gasteiger charge is -2.16. The van der Waals surface area contributed by atoms with Crippen molar-refractivity contribution >= 4 is 17.6 Å². The third-order valence-electron chi connectivity index (χ3n) is 4.40. The number of alkyl halides is 3. The van der Waals surface area contributed by atoms with Crippen LogP contribution in [0, 0.1) is 0 Å². The highest BCUT2D eigenvalue weighted by molar-refractivity contribution is 5.95. The molecule has 0 radical (unpaired) electrons. The minimum absolute atomic E-state index is 0.144. The fourth-order valence-corrected chi connectivity index (χ4v) is 2.61. The van der Waals surface area contributed by atoms with Crippen LogP contribution in [0.1, 0.15) is 47.3 Å². The Morgan fingerprint density at radius 1 is 1.00 bits per heavy atom. The summed E-state index contributed by atoms with van der Waals surface area (Å²) in [6.45, 7) is 1.67. The van der Waals surface area contributed by atoms with Gasteiger partial charge in [-0.1, -0.05) is 12.1 Å². The van der Waals surface area contributed by atoms with E-state index in [1.807, 2.05) is 0 Å². The molecule has 1 aliphatic rings. The minimum Gasteiger partial charge on any atom is -0.349 e. The van der Waals surface area contributed by atoms with E-state index >= 15 is 0 Å². The normalized spacial score (nSPS) is 14.9. The molecule has 28 heavy (non-hydrogen) atoms. The van der Waals surface area contributed by atoms with Gasteiger partial charge in [0, 0.05) is 17.3 Å². The lowest BCUT2D eigenvalue weighted by molar-refractivity contribution is -0.137. The van der Waals surface area contributed by atoms with Crippen molar-refractivity contribution in [2.75, 3.05) is 5.32 Å². The molecule has 3 N–H and O–H groups in total. The van der Waals surface area contributed by atoms with E-state index in [1.165, 1.54) is 12.1 Å². The topological polar surface area (TPSA) is 70.2 Å². The number of urea groups is 1. The van der Waals surface area contributed by atoms with Crippen molar-refractivity contribution in [1.82, 2.24) is 10.6 Å². The summed E-state index contributed by atoms with van der Waals surface area (Å²) in [6, 6.07) is 10.4. The van der Waals surface area contributed by atoms with Crippen LogP contribution in [0.4, 0.5) is 23.7 Å². The van der Waals surface area contributed by atoms with Crippen molar-refractivity contribution < 1.29 is 22.8 Å². The highest BCUT2D eigenvalue weighted by Crippen LogP contribution is 2.29. The molecule has 8 heteroatoms. The second-order valence-electron chi connectivity index (χ2n) is 6.77. The number of nitrogens with one attached hydrogen (secondary N) is 3. The van der Waals surface area contributed by atoms with E-state index in [-0.39, 0.29) is 11.9 Å². The smallest absolute Gasteiger partial charge is 0.349 e. The average Bonchev–Trinajstić information content (AvgIpc) is 3.45. The number of hydrogen-bond acceptors (Lipinski definition) is 2. The van der Waals surface area contributed by atoms with Crippen molar-refractivity contribution in [1.29, 1.82) is 0 Å².